The highest BCUT2D eigenvalue weighted by Crippen LogP contribution is 2.12. The number of carbonyl (C=O) groups excluding carboxylic acids is 1. The van der Waals surface area contributed by atoms with Gasteiger partial charge in [-0.2, -0.15) is 0 Å². The van der Waals surface area contributed by atoms with Crippen LogP contribution in [0.25, 0.3) is 0 Å². The number of rotatable bonds is 2. The monoisotopic (exact) mass is 170 g/mol. The van der Waals surface area contributed by atoms with Gasteiger partial charge >= 0.3 is 11.9 Å². The molecule has 0 aromatic carbocycles. The fraction of sp³-hybridized carbons (Fsp3) is 0.500. The van der Waals surface area contributed by atoms with Crippen LogP contribution in [-0.4, -0.2) is 23.7 Å². The summed E-state index contributed by atoms with van der Waals surface area (Å²) in [5.41, 5.74) is -0.620. The predicted molar refractivity (Wildman–Crippen MR) is 41.2 cm³/mol. The lowest BCUT2D eigenvalue weighted by molar-refractivity contribution is -0.165. The second-order valence-electron chi connectivity index (χ2n) is 2.91. The maximum atomic E-state index is 10.4. The molecule has 0 saturated carbocycles. The van der Waals surface area contributed by atoms with Gasteiger partial charge in [0, 0.05) is 0 Å². The smallest absolute Gasteiger partial charge is 0.417 e. The van der Waals surface area contributed by atoms with Gasteiger partial charge in [0.1, 0.15) is 6.61 Å². The van der Waals surface area contributed by atoms with Crippen molar-refractivity contribution >= 4 is 11.9 Å². The molecule has 4 nitrogen and oxygen atoms in total. The van der Waals surface area contributed by atoms with Crippen LogP contribution in [0, 0.1) is 17.8 Å². The Kier molecular flexibility index (Phi) is 3.30. The summed E-state index contributed by atoms with van der Waals surface area (Å²) in [6.07, 6.45) is 5.08. The lowest BCUT2D eigenvalue weighted by atomic mass is 9.97. The third-order valence-electron chi connectivity index (χ3n) is 1.13. The number of carbonyl (C=O) groups is 2. The Morgan fingerprint density at radius 2 is 2.08 bits per heavy atom. The van der Waals surface area contributed by atoms with E-state index in [1.54, 1.807) is 13.8 Å². The van der Waals surface area contributed by atoms with Crippen molar-refractivity contribution in [3.05, 3.63) is 0 Å². The number of carboxylic acids is 1. The number of esters is 1. The van der Waals surface area contributed by atoms with E-state index >= 15 is 0 Å². The van der Waals surface area contributed by atoms with Crippen molar-refractivity contribution in [2.45, 2.75) is 13.8 Å². The van der Waals surface area contributed by atoms with Gasteiger partial charge in [-0.1, -0.05) is 5.92 Å². The fourth-order valence-electron chi connectivity index (χ4n) is 0.349. The topological polar surface area (TPSA) is 63.6 Å². The number of carboxylic acid groups (broad SMARTS) is 1. The molecule has 0 aliphatic carbocycles. The highest BCUT2D eigenvalue weighted by atomic mass is 16.6. The Hall–Kier alpha value is -1.50. The SMILES string of the molecule is C#CC(C)(C)COC(=O)C(=O)O. The van der Waals surface area contributed by atoms with Crippen LogP contribution in [0.1, 0.15) is 13.8 Å². The van der Waals surface area contributed by atoms with E-state index in [9.17, 15) is 9.59 Å². The van der Waals surface area contributed by atoms with Crippen molar-refractivity contribution < 1.29 is 19.4 Å². The van der Waals surface area contributed by atoms with Crippen molar-refractivity contribution in [2.24, 2.45) is 5.41 Å². The second kappa shape index (κ2) is 3.77. The van der Waals surface area contributed by atoms with Crippen molar-refractivity contribution in [2.75, 3.05) is 6.61 Å². The molecule has 0 atom stereocenters. The zero-order chi connectivity index (χ0) is 9.78. The van der Waals surface area contributed by atoms with Gasteiger partial charge < -0.3 is 9.84 Å². The Labute approximate surface area is 70.5 Å². The lowest BCUT2D eigenvalue weighted by Crippen LogP contribution is -2.24. The Balaban J connectivity index is 3.94. The quantitative estimate of drug-likeness (QED) is 0.367. The number of ether oxygens (including phenoxy) is 1. The first-order chi connectivity index (χ1) is 5.39. The van der Waals surface area contributed by atoms with Crippen LogP contribution >= 0.6 is 0 Å². The largest absolute Gasteiger partial charge is 0.473 e. The summed E-state index contributed by atoms with van der Waals surface area (Å²) in [6, 6.07) is 0. The number of terminal acetylenes is 1. The molecule has 0 bridgehead atoms. The third kappa shape index (κ3) is 3.62. The fourth-order valence-corrected chi connectivity index (χ4v) is 0.349. The molecular weight excluding hydrogens is 160 g/mol. The summed E-state index contributed by atoms with van der Waals surface area (Å²) in [6.45, 7) is 3.25. The third-order valence-corrected chi connectivity index (χ3v) is 1.13. The summed E-state index contributed by atoms with van der Waals surface area (Å²) >= 11 is 0. The Bertz CT molecular complexity index is 234. The summed E-state index contributed by atoms with van der Waals surface area (Å²) in [7, 11) is 0. The first-order valence-electron chi connectivity index (χ1n) is 3.27. The standard InChI is InChI=1S/C8H10O4/c1-4-8(2,3)5-12-7(11)6(9)10/h1H,5H2,2-3H3,(H,9,10). The average molecular weight is 170 g/mol. The molecule has 0 heterocycles. The van der Waals surface area contributed by atoms with Crippen LogP contribution in [0.4, 0.5) is 0 Å². The van der Waals surface area contributed by atoms with Gasteiger partial charge in [0.25, 0.3) is 0 Å². The molecule has 0 aromatic rings. The van der Waals surface area contributed by atoms with Gasteiger partial charge in [-0.25, -0.2) is 9.59 Å². The summed E-state index contributed by atoms with van der Waals surface area (Å²) < 4.78 is 4.38. The van der Waals surface area contributed by atoms with Gasteiger partial charge in [0.05, 0.1) is 5.41 Å². The van der Waals surface area contributed by atoms with E-state index < -0.39 is 17.4 Å². The molecule has 0 fully saturated rings. The zero-order valence-electron chi connectivity index (χ0n) is 6.96. The predicted octanol–water partition coefficient (Wildman–Crippen LogP) is 0.274. The maximum absolute atomic E-state index is 10.4. The van der Waals surface area contributed by atoms with Crippen LogP contribution < -0.4 is 0 Å². The van der Waals surface area contributed by atoms with Gasteiger partial charge in [0.2, 0.25) is 0 Å². The Morgan fingerprint density at radius 3 is 2.42 bits per heavy atom. The molecular formula is C8H10O4. The molecule has 0 unspecified atom stereocenters. The van der Waals surface area contributed by atoms with Crippen LogP contribution in [0.15, 0.2) is 0 Å². The second-order valence-corrected chi connectivity index (χ2v) is 2.91. The van der Waals surface area contributed by atoms with Crippen LogP contribution in [-0.2, 0) is 14.3 Å². The molecule has 1 N–H and O–H groups in total. The van der Waals surface area contributed by atoms with E-state index in [1.165, 1.54) is 0 Å². The minimum atomic E-state index is -1.61. The normalized spacial score (nSPS) is 10.1. The van der Waals surface area contributed by atoms with Crippen LogP contribution in [0.3, 0.4) is 0 Å². The first kappa shape index (κ1) is 10.5. The van der Waals surface area contributed by atoms with E-state index in [1.807, 2.05) is 0 Å². The molecule has 0 rings (SSSR count). The molecule has 0 aliphatic rings. The van der Waals surface area contributed by atoms with E-state index in [4.69, 9.17) is 11.5 Å². The van der Waals surface area contributed by atoms with E-state index in [0.29, 0.717) is 0 Å². The number of hydrogen-bond donors (Lipinski definition) is 1. The summed E-state index contributed by atoms with van der Waals surface area (Å²) in [4.78, 5) is 20.4. The summed E-state index contributed by atoms with van der Waals surface area (Å²) in [5, 5.41) is 8.13. The van der Waals surface area contributed by atoms with Crippen molar-refractivity contribution in [1.82, 2.24) is 0 Å². The highest BCUT2D eigenvalue weighted by Gasteiger charge is 2.20. The Morgan fingerprint density at radius 1 is 1.58 bits per heavy atom. The van der Waals surface area contributed by atoms with E-state index in [-0.39, 0.29) is 6.61 Å². The highest BCUT2D eigenvalue weighted by molar-refractivity contribution is 6.28. The molecule has 0 aromatic heterocycles. The lowest BCUT2D eigenvalue weighted by Gasteiger charge is -2.15. The van der Waals surface area contributed by atoms with Gasteiger partial charge in [-0.3, -0.25) is 0 Å². The molecule has 12 heavy (non-hydrogen) atoms. The minimum Gasteiger partial charge on any atom is -0.473 e. The molecule has 4 heteroatoms. The van der Waals surface area contributed by atoms with Gasteiger partial charge in [0.15, 0.2) is 0 Å². The van der Waals surface area contributed by atoms with Crippen LogP contribution in [0.2, 0.25) is 0 Å². The average Bonchev–Trinajstić information content (AvgIpc) is 2.00. The molecule has 0 radical (unpaired) electrons. The van der Waals surface area contributed by atoms with E-state index in [2.05, 4.69) is 10.7 Å². The van der Waals surface area contributed by atoms with Crippen LogP contribution in [0.5, 0.6) is 0 Å². The van der Waals surface area contributed by atoms with Crippen molar-refractivity contribution in [3.8, 4) is 12.3 Å². The first-order valence-corrected chi connectivity index (χ1v) is 3.27. The van der Waals surface area contributed by atoms with E-state index in [0.717, 1.165) is 0 Å². The number of aliphatic carboxylic acids is 1. The number of hydrogen-bond acceptors (Lipinski definition) is 3. The van der Waals surface area contributed by atoms with Crippen molar-refractivity contribution in [1.29, 1.82) is 0 Å². The zero-order valence-corrected chi connectivity index (χ0v) is 6.96. The van der Waals surface area contributed by atoms with Crippen molar-refractivity contribution in [3.63, 3.8) is 0 Å². The molecule has 0 aliphatic heterocycles. The molecule has 0 spiro atoms. The summed E-state index contributed by atoms with van der Waals surface area (Å²) in [5.74, 6) is -0.522. The molecule has 0 amide bonds. The minimum absolute atomic E-state index is 0.0887. The molecule has 66 valence electrons. The molecule has 0 saturated heterocycles. The maximum Gasteiger partial charge on any atom is 0.417 e. The van der Waals surface area contributed by atoms with Gasteiger partial charge in [-0.05, 0) is 13.8 Å². The van der Waals surface area contributed by atoms with Gasteiger partial charge in [-0.15, -0.1) is 6.42 Å².